The first-order valence-electron chi connectivity index (χ1n) is 6.57. The van der Waals surface area contributed by atoms with Gasteiger partial charge in [0, 0.05) is 36.9 Å². The van der Waals surface area contributed by atoms with E-state index in [1.165, 1.54) is 5.69 Å². The average Bonchev–Trinajstić information content (AvgIpc) is 2.41. The molecule has 0 radical (unpaired) electrons. The Bertz CT molecular complexity index is 414. The van der Waals surface area contributed by atoms with Crippen LogP contribution in [0.5, 0.6) is 0 Å². The number of carbonyl (C=O) groups is 1. The van der Waals surface area contributed by atoms with Gasteiger partial charge in [-0.1, -0.05) is 11.6 Å². The highest BCUT2D eigenvalue weighted by molar-refractivity contribution is 6.30. The minimum Gasteiger partial charge on any atom is -0.465 e. The standard InChI is InChI=1S/C14H19ClN2O2/c1-2-19-14(18)11-16-7-9-17(10-8-16)13-5-3-12(15)4-6-13/h3-6H,2,7-11H2,1H3. The van der Waals surface area contributed by atoms with Crippen LogP contribution in [0.15, 0.2) is 24.3 Å². The van der Waals surface area contributed by atoms with E-state index < -0.39 is 0 Å². The van der Waals surface area contributed by atoms with Crippen LogP contribution in [0.1, 0.15) is 6.92 Å². The Morgan fingerprint density at radius 2 is 1.84 bits per heavy atom. The summed E-state index contributed by atoms with van der Waals surface area (Å²) in [5.41, 5.74) is 1.18. The van der Waals surface area contributed by atoms with Crippen molar-refractivity contribution < 1.29 is 9.53 Å². The highest BCUT2D eigenvalue weighted by Crippen LogP contribution is 2.19. The van der Waals surface area contributed by atoms with E-state index in [0.29, 0.717) is 13.2 Å². The Hall–Kier alpha value is -1.26. The largest absolute Gasteiger partial charge is 0.465 e. The molecule has 0 atom stereocenters. The van der Waals surface area contributed by atoms with E-state index in [4.69, 9.17) is 16.3 Å². The molecule has 0 spiro atoms. The molecule has 0 amide bonds. The van der Waals surface area contributed by atoms with Crippen LogP contribution in [0.3, 0.4) is 0 Å². The van der Waals surface area contributed by atoms with Crippen LogP contribution in [0.25, 0.3) is 0 Å². The molecule has 1 aromatic rings. The Kier molecular flexibility index (Phi) is 5.05. The maximum Gasteiger partial charge on any atom is 0.320 e. The summed E-state index contributed by atoms with van der Waals surface area (Å²) in [6.45, 7) is 6.26. The SMILES string of the molecule is CCOC(=O)CN1CCN(c2ccc(Cl)cc2)CC1. The molecule has 5 heteroatoms. The van der Waals surface area contributed by atoms with Gasteiger partial charge in [-0.05, 0) is 31.2 Å². The molecule has 104 valence electrons. The first kappa shape index (κ1) is 14.2. The van der Waals surface area contributed by atoms with Crippen molar-refractivity contribution in [1.29, 1.82) is 0 Å². The zero-order chi connectivity index (χ0) is 13.7. The third-order valence-electron chi connectivity index (χ3n) is 3.22. The lowest BCUT2D eigenvalue weighted by Crippen LogP contribution is -2.48. The van der Waals surface area contributed by atoms with Gasteiger partial charge in [-0.3, -0.25) is 9.69 Å². The molecular formula is C14H19ClN2O2. The van der Waals surface area contributed by atoms with Crippen molar-refractivity contribution in [1.82, 2.24) is 4.90 Å². The second-order valence-corrected chi connectivity index (χ2v) is 4.98. The molecule has 0 unspecified atom stereocenters. The normalized spacial score (nSPS) is 16.4. The summed E-state index contributed by atoms with van der Waals surface area (Å²) in [4.78, 5) is 15.8. The third-order valence-corrected chi connectivity index (χ3v) is 3.47. The van der Waals surface area contributed by atoms with Crippen LogP contribution in [0.4, 0.5) is 5.69 Å². The summed E-state index contributed by atoms with van der Waals surface area (Å²) in [5.74, 6) is -0.137. The number of nitrogens with zero attached hydrogens (tertiary/aromatic N) is 2. The number of anilines is 1. The van der Waals surface area contributed by atoms with E-state index in [2.05, 4.69) is 9.80 Å². The molecule has 1 fully saturated rings. The predicted molar refractivity (Wildman–Crippen MR) is 76.7 cm³/mol. The number of hydrogen-bond acceptors (Lipinski definition) is 4. The quantitative estimate of drug-likeness (QED) is 0.791. The van der Waals surface area contributed by atoms with E-state index in [1.54, 1.807) is 0 Å². The Balaban J connectivity index is 1.82. The van der Waals surface area contributed by atoms with Gasteiger partial charge in [0.05, 0.1) is 13.2 Å². The Morgan fingerprint density at radius 1 is 1.21 bits per heavy atom. The molecule has 1 aromatic carbocycles. The second kappa shape index (κ2) is 6.78. The number of hydrogen-bond donors (Lipinski definition) is 0. The zero-order valence-electron chi connectivity index (χ0n) is 11.1. The summed E-state index contributed by atoms with van der Waals surface area (Å²) in [6, 6.07) is 7.87. The van der Waals surface area contributed by atoms with Gasteiger partial charge in [0.25, 0.3) is 0 Å². The lowest BCUT2D eigenvalue weighted by Gasteiger charge is -2.35. The van der Waals surface area contributed by atoms with Gasteiger partial charge in [-0.2, -0.15) is 0 Å². The van der Waals surface area contributed by atoms with E-state index in [1.807, 2.05) is 31.2 Å². The highest BCUT2D eigenvalue weighted by atomic mass is 35.5. The van der Waals surface area contributed by atoms with Crippen LogP contribution < -0.4 is 4.90 Å². The maximum absolute atomic E-state index is 11.4. The van der Waals surface area contributed by atoms with Crippen molar-refractivity contribution >= 4 is 23.3 Å². The predicted octanol–water partition coefficient (Wildman–Crippen LogP) is 2.03. The fourth-order valence-corrected chi connectivity index (χ4v) is 2.33. The lowest BCUT2D eigenvalue weighted by atomic mass is 10.2. The van der Waals surface area contributed by atoms with Crippen molar-refractivity contribution in [2.45, 2.75) is 6.92 Å². The molecule has 0 saturated carbocycles. The van der Waals surface area contributed by atoms with Crippen LogP contribution in [0.2, 0.25) is 5.02 Å². The smallest absolute Gasteiger partial charge is 0.320 e. The van der Waals surface area contributed by atoms with Gasteiger partial charge >= 0.3 is 5.97 Å². The minimum atomic E-state index is -0.137. The van der Waals surface area contributed by atoms with Crippen molar-refractivity contribution in [2.24, 2.45) is 0 Å². The number of halogens is 1. The van der Waals surface area contributed by atoms with Gasteiger partial charge in [-0.25, -0.2) is 0 Å². The highest BCUT2D eigenvalue weighted by Gasteiger charge is 2.19. The van der Waals surface area contributed by atoms with Crippen molar-refractivity contribution in [3.8, 4) is 0 Å². The number of esters is 1. The van der Waals surface area contributed by atoms with E-state index in [0.717, 1.165) is 31.2 Å². The van der Waals surface area contributed by atoms with E-state index in [-0.39, 0.29) is 5.97 Å². The molecule has 1 heterocycles. The fraction of sp³-hybridized carbons (Fsp3) is 0.500. The van der Waals surface area contributed by atoms with Gasteiger partial charge in [-0.15, -0.1) is 0 Å². The van der Waals surface area contributed by atoms with Crippen molar-refractivity contribution in [3.63, 3.8) is 0 Å². The molecule has 0 aliphatic carbocycles. The fourth-order valence-electron chi connectivity index (χ4n) is 2.21. The van der Waals surface area contributed by atoms with Gasteiger partial charge < -0.3 is 9.64 Å². The van der Waals surface area contributed by atoms with Crippen LogP contribution in [-0.2, 0) is 9.53 Å². The number of ether oxygens (including phenoxy) is 1. The number of piperazine rings is 1. The number of carbonyl (C=O) groups excluding carboxylic acids is 1. The molecule has 4 nitrogen and oxygen atoms in total. The summed E-state index contributed by atoms with van der Waals surface area (Å²) >= 11 is 5.88. The first-order valence-corrected chi connectivity index (χ1v) is 6.95. The summed E-state index contributed by atoms with van der Waals surface area (Å²) in [7, 11) is 0. The van der Waals surface area contributed by atoms with Crippen LogP contribution in [0, 0.1) is 0 Å². The summed E-state index contributed by atoms with van der Waals surface area (Å²) in [6.07, 6.45) is 0. The van der Waals surface area contributed by atoms with Crippen LogP contribution >= 0.6 is 11.6 Å². The molecule has 1 aliphatic rings. The molecule has 0 bridgehead atoms. The number of rotatable bonds is 4. The van der Waals surface area contributed by atoms with Gasteiger partial charge in [0.2, 0.25) is 0 Å². The summed E-state index contributed by atoms with van der Waals surface area (Å²) in [5, 5.41) is 0.754. The number of benzene rings is 1. The lowest BCUT2D eigenvalue weighted by molar-refractivity contribution is -0.144. The Labute approximate surface area is 118 Å². The van der Waals surface area contributed by atoms with Crippen molar-refractivity contribution in [2.75, 3.05) is 44.2 Å². The molecule has 1 saturated heterocycles. The maximum atomic E-state index is 11.4. The molecule has 0 aromatic heterocycles. The first-order chi connectivity index (χ1) is 9.19. The topological polar surface area (TPSA) is 32.8 Å². The second-order valence-electron chi connectivity index (χ2n) is 4.54. The van der Waals surface area contributed by atoms with Crippen LogP contribution in [-0.4, -0.2) is 50.2 Å². The van der Waals surface area contributed by atoms with Gasteiger partial charge in [0.15, 0.2) is 0 Å². The Morgan fingerprint density at radius 3 is 2.42 bits per heavy atom. The van der Waals surface area contributed by atoms with Gasteiger partial charge in [0.1, 0.15) is 0 Å². The monoisotopic (exact) mass is 282 g/mol. The summed E-state index contributed by atoms with van der Waals surface area (Å²) < 4.78 is 4.96. The molecule has 19 heavy (non-hydrogen) atoms. The molecular weight excluding hydrogens is 264 g/mol. The third kappa shape index (κ3) is 4.11. The minimum absolute atomic E-state index is 0.137. The molecule has 2 rings (SSSR count). The van der Waals surface area contributed by atoms with E-state index in [9.17, 15) is 4.79 Å². The zero-order valence-corrected chi connectivity index (χ0v) is 11.9. The van der Waals surface area contributed by atoms with E-state index >= 15 is 0 Å². The average molecular weight is 283 g/mol. The van der Waals surface area contributed by atoms with Crippen molar-refractivity contribution in [3.05, 3.63) is 29.3 Å². The molecule has 1 aliphatic heterocycles. The molecule has 0 N–H and O–H groups in total.